The first-order chi connectivity index (χ1) is 13.1. The third-order valence-electron chi connectivity index (χ3n) is 3.26. The highest BCUT2D eigenvalue weighted by molar-refractivity contribution is 5.81. The molecular weight excluding hydrogens is 346 g/mol. The lowest BCUT2D eigenvalue weighted by molar-refractivity contribution is -0.388. The van der Waals surface area contributed by atoms with E-state index in [4.69, 9.17) is 10.1 Å². The number of hydrogen-bond donors (Lipinski definition) is 3. The van der Waals surface area contributed by atoms with Crippen molar-refractivity contribution < 1.29 is 20.1 Å². The molecule has 7 heteroatoms. The maximum atomic E-state index is 9.53. The molecule has 0 saturated heterocycles. The van der Waals surface area contributed by atoms with Crippen molar-refractivity contribution in [2.24, 2.45) is 5.10 Å². The Hall–Kier alpha value is -2.87. The van der Waals surface area contributed by atoms with Crippen LogP contribution in [0.3, 0.4) is 0 Å². The van der Waals surface area contributed by atoms with Crippen LogP contribution in [0.15, 0.2) is 53.8 Å². The van der Waals surface area contributed by atoms with E-state index < -0.39 is 0 Å². The van der Waals surface area contributed by atoms with Gasteiger partial charge in [-0.3, -0.25) is 5.43 Å². The Bertz CT molecular complexity index is 731. The lowest BCUT2D eigenvalue weighted by atomic mass is 10.1. The summed E-state index contributed by atoms with van der Waals surface area (Å²) < 4.78 is 0. The van der Waals surface area contributed by atoms with Crippen molar-refractivity contribution in [3.8, 4) is 5.75 Å². The highest BCUT2D eigenvalue weighted by Gasteiger charge is 2.00. The monoisotopic (exact) mass is 373 g/mol. The Morgan fingerprint density at radius 2 is 1.78 bits per heavy atom. The molecule has 0 aliphatic heterocycles. The minimum atomic E-state index is -0.222. The number of benzene rings is 2. The van der Waals surface area contributed by atoms with Gasteiger partial charge in [-0.2, -0.15) is 5.10 Å². The second kappa shape index (κ2) is 12.5. The summed E-state index contributed by atoms with van der Waals surface area (Å²) in [5.41, 5.74) is 5.98. The average molecular weight is 373 g/mol. The minimum Gasteiger partial charge on any atom is -0.508 e. The molecule has 0 heterocycles. The topological polar surface area (TPSA) is 86.6 Å². The minimum absolute atomic E-state index is 0.0674. The SMILES string of the molecule is CC.COON(C)/C=C\c1ccc(N/N=C/c2ccc(O)c(CO)c2)cc1. The number of rotatable bonds is 8. The molecule has 27 heavy (non-hydrogen) atoms. The van der Waals surface area contributed by atoms with Gasteiger partial charge in [0.1, 0.15) is 5.75 Å². The van der Waals surface area contributed by atoms with Gasteiger partial charge in [0.25, 0.3) is 0 Å². The molecule has 0 aromatic heterocycles. The van der Waals surface area contributed by atoms with E-state index in [1.807, 2.05) is 44.2 Å². The van der Waals surface area contributed by atoms with Gasteiger partial charge in [0.05, 0.1) is 25.6 Å². The number of nitrogens with zero attached hydrogens (tertiary/aromatic N) is 2. The number of anilines is 1. The number of hydrogen-bond acceptors (Lipinski definition) is 7. The third kappa shape index (κ3) is 7.91. The summed E-state index contributed by atoms with van der Waals surface area (Å²) in [5.74, 6) is 0.0674. The molecule has 0 amide bonds. The molecule has 0 saturated carbocycles. The van der Waals surface area contributed by atoms with E-state index in [0.29, 0.717) is 5.56 Å². The summed E-state index contributed by atoms with van der Waals surface area (Å²) in [4.78, 5) is 9.32. The molecule has 3 N–H and O–H groups in total. The predicted molar refractivity (Wildman–Crippen MR) is 108 cm³/mol. The molecule has 7 nitrogen and oxygen atoms in total. The molecule has 0 atom stereocenters. The number of aromatic hydroxyl groups is 1. The van der Waals surface area contributed by atoms with Crippen LogP contribution in [0.4, 0.5) is 5.69 Å². The Kier molecular flexibility index (Phi) is 10.2. The highest BCUT2D eigenvalue weighted by atomic mass is 17.3. The van der Waals surface area contributed by atoms with Crippen LogP contribution in [0.1, 0.15) is 30.5 Å². The quantitative estimate of drug-likeness (QED) is 0.371. The van der Waals surface area contributed by atoms with Crippen LogP contribution in [-0.4, -0.2) is 35.6 Å². The van der Waals surface area contributed by atoms with Crippen LogP contribution in [0, 0.1) is 0 Å². The van der Waals surface area contributed by atoms with Crippen molar-refractivity contribution in [1.82, 2.24) is 5.06 Å². The van der Waals surface area contributed by atoms with Gasteiger partial charge in [-0.05, 0) is 47.5 Å². The molecular formula is C20H27N3O4. The van der Waals surface area contributed by atoms with E-state index in [1.165, 1.54) is 18.2 Å². The molecule has 2 rings (SSSR count). The Morgan fingerprint density at radius 1 is 1.11 bits per heavy atom. The van der Waals surface area contributed by atoms with Gasteiger partial charge >= 0.3 is 0 Å². The normalized spacial score (nSPS) is 10.7. The van der Waals surface area contributed by atoms with E-state index in [9.17, 15) is 5.11 Å². The summed E-state index contributed by atoms with van der Waals surface area (Å²) in [7, 11) is 3.16. The second-order valence-corrected chi connectivity index (χ2v) is 5.14. The lowest BCUT2D eigenvalue weighted by Crippen LogP contribution is -2.09. The Balaban J connectivity index is 0.00000176. The summed E-state index contributed by atoms with van der Waals surface area (Å²) in [5, 5.41) is 24.2. The maximum Gasteiger partial charge on any atom is 0.121 e. The first-order valence-corrected chi connectivity index (χ1v) is 8.56. The van der Waals surface area contributed by atoms with Crippen LogP contribution >= 0.6 is 0 Å². The van der Waals surface area contributed by atoms with Crippen molar-refractivity contribution in [2.45, 2.75) is 20.5 Å². The van der Waals surface area contributed by atoms with E-state index in [0.717, 1.165) is 16.8 Å². The standard InChI is InChI=1S/C18H21N3O4.C2H6/c1-21(25-24-2)10-9-14-3-6-17(7-4-14)20-19-12-15-5-8-18(23)16(11-15)13-22;1-2/h3-12,20,22-23H,13H2,1-2H3;1-2H3/b10-9-,19-12+;. The van der Waals surface area contributed by atoms with Crippen LogP contribution in [-0.2, 0) is 16.5 Å². The summed E-state index contributed by atoms with van der Waals surface area (Å²) in [6.07, 6.45) is 5.22. The van der Waals surface area contributed by atoms with E-state index in [2.05, 4.69) is 15.4 Å². The zero-order valence-electron chi connectivity index (χ0n) is 16.1. The Labute approximate surface area is 160 Å². The van der Waals surface area contributed by atoms with Gasteiger partial charge in [0.2, 0.25) is 0 Å². The van der Waals surface area contributed by atoms with E-state index in [1.54, 1.807) is 31.6 Å². The summed E-state index contributed by atoms with van der Waals surface area (Å²) in [6.45, 7) is 3.78. The molecule has 2 aromatic rings. The van der Waals surface area contributed by atoms with Crippen LogP contribution < -0.4 is 5.43 Å². The van der Waals surface area contributed by atoms with Crippen molar-refractivity contribution in [3.63, 3.8) is 0 Å². The van der Waals surface area contributed by atoms with Gasteiger partial charge in [0, 0.05) is 18.8 Å². The first kappa shape index (κ1) is 22.2. The van der Waals surface area contributed by atoms with Crippen molar-refractivity contribution in [1.29, 1.82) is 0 Å². The molecule has 0 aliphatic carbocycles. The number of aliphatic hydroxyl groups excluding tert-OH is 1. The predicted octanol–water partition coefficient (Wildman–Crippen LogP) is 3.75. The Morgan fingerprint density at radius 3 is 2.41 bits per heavy atom. The van der Waals surface area contributed by atoms with Crippen molar-refractivity contribution >= 4 is 18.0 Å². The number of phenols is 1. The summed E-state index contributed by atoms with van der Waals surface area (Å²) in [6, 6.07) is 12.6. The van der Waals surface area contributed by atoms with Crippen LogP contribution in [0.5, 0.6) is 5.75 Å². The van der Waals surface area contributed by atoms with E-state index in [-0.39, 0.29) is 12.4 Å². The fraction of sp³-hybridized carbons (Fsp3) is 0.250. The molecule has 0 fully saturated rings. The van der Waals surface area contributed by atoms with Crippen LogP contribution in [0.25, 0.3) is 6.08 Å². The average Bonchev–Trinajstić information content (AvgIpc) is 2.70. The first-order valence-electron chi connectivity index (χ1n) is 8.56. The van der Waals surface area contributed by atoms with Gasteiger partial charge in [0.15, 0.2) is 0 Å². The highest BCUT2D eigenvalue weighted by Crippen LogP contribution is 2.17. The molecule has 146 valence electrons. The van der Waals surface area contributed by atoms with Gasteiger partial charge in [-0.1, -0.05) is 26.0 Å². The van der Waals surface area contributed by atoms with E-state index >= 15 is 0 Å². The molecule has 2 aromatic carbocycles. The lowest BCUT2D eigenvalue weighted by Gasteiger charge is -2.09. The van der Waals surface area contributed by atoms with Gasteiger partial charge in [-0.25, -0.2) is 9.95 Å². The zero-order chi connectivity index (χ0) is 20.1. The fourth-order valence-electron chi connectivity index (χ4n) is 2.00. The van der Waals surface area contributed by atoms with Crippen LogP contribution in [0.2, 0.25) is 0 Å². The fourth-order valence-corrected chi connectivity index (χ4v) is 2.00. The maximum absolute atomic E-state index is 9.53. The number of hydrazone groups is 1. The molecule has 0 aliphatic rings. The number of aliphatic hydroxyl groups is 1. The van der Waals surface area contributed by atoms with Gasteiger partial charge < -0.3 is 10.2 Å². The molecule has 0 bridgehead atoms. The molecule has 0 spiro atoms. The second-order valence-electron chi connectivity index (χ2n) is 5.14. The third-order valence-corrected chi connectivity index (χ3v) is 3.26. The molecule has 0 radical (unpaired) electrons. The van der Waals surface area contributed by atoms with Crippen molar-refractivity contribution in [2.75, 3.05) is 19.6 Å². The largest absolute Gasteiger partial charge is 0.508 e. The molecule has 0 unspecified atom stereocenters. The zero-order valence-corrected chi connectivity index (χ0v) is 16.1. The number of nitrogens with one attached hydrogen (secondary N) is 1. The van der Waals surface area contributed by atoms with Crippen molar-refractivity contribution in [3.05, 3.63) is 65.4 Å². The summed E-state index contributed by atoms with van der Waals surface area (Å²) >= 11 is 0. The van der Waals surface area contributed by atoms with Gasteiger partial charge in [-0.15, -0.1) is 4.99 Å². The smallest absolute Gasteiger partial charge is 0.121 e. The number of hydroxylamine groups is 2.